The third kappa shape index (κ3) is 3.54. The molecule has 0 bridgehead atoms. The van der Waals surface area contributed by atoms with Crippen molar-refractivity contribution < 1.29 is 13.2 Å². The first-order valence-electron chi connectivity index (χ1n) is 7.68. The summed E-state index contributed by atoms with van der Waals surface area (Å²) in [7, 11) is -3.24. The first kappa shape index (κ1) is 16.4. The quantitative estimate of drug-likeness (QED) is 0.804. The SMILES string of the molecule is CS(=O)(=O)c1ccc2c(c1)CCCN2C(=O)/C=C/c1cccnc1. The van der Waals surface area contributed by atoms with E-state index in [4.69, 9.17) is 0 Å². The Balaban J connectivity index is 1.87. The van der Waals surface area contributed by atoms with Crippen molar-refractivity contribution in [2.75, 3.05) is 17.7 Å². The van der Waals surface area contributed by atoms with Crippen LogP contribution in [-0.2, 0) is 21.1 Å². The Bertz CT molecular complexity index is 890. The minimum absolute atomic E-state index is 0.119. The van der Waals surface area contributed by atoms with E-state index in [2.05, 4.69) is 4.98 Å². The maximum atomic E-state index is 12.5. The van der Waals surface area contributed by atoms with E-state index in [9.17, 15) is 13.2 Å². The molecule has 0 aliphatic carbocycles. The molecule has 0 saturated heterocycles. The zero-order valence-corrected chi connectivity index (χ0v) is 14.2. The predicted molar refractivity (Wildman–Crippen MR) is 93.5 cm³/mol. The topological polar surface area (TPSA) is 67.3 Å². The zero-order chi connectivity index (χ0) is 17.2. The first-order chi connectivity index (χ1) is 11.4. The van der Waals surface area contributed by atoms with Crippen LogP contribution in [0.2, 0.25) is 0 Å². The number of carbonyl (C=O) groups is 1. The van der Waals surface area contributed by atoms with Crippen molar-refractivity contribution in [3.05, 3.63) is 59.9 Å². The second-order valence-corrected chi connectivity index (χ2v) is 7.79. The molecular weight excluding hydrogens is 324 g/mol. The number of pyridine rings is 1. The number of aryl methyl sites for hydroxylation is 1. The van der Waals surface area contributed by atoms with E-state index in [0.29, 0.717) is 11.4 Å². The van der Waals surface area contributed by atoms with Gasteiger partial charge in [-0.1, -0.05) is 6.07 Å². The normalized spacial score (nSPS) is 14.6. The van der Waals surface area contributed by atoms with Gasteiger partial charge in [-0.25, -0.2) is 8.42 Å². The molecule has 0 fully saturated rings. The summed E-state index contributed by atoms with van der Waals surface area (Å²) in [6.45, 7) is 0.626. The lowest BCUT2D eigenvalue weighted by Gasteiger charge is -2.29. The molecule has 0 unspecified atom stereocenters. The van der Waals surface area contributed by atoms with Crippen LogP contribution in [0.1, 0.15) is 17.5 Å². The monoisotopic (exact) mass is 342 g/mol. The van der Waals surface area contributed by atoms with E-state index in [1.54, 1.807) is 41.6 Å². The molecule has 5 nitrogen and oxygen atoms in total. The number of amides is 1. The highest BCUT2D eigenvalue weighted by Crippen LogP contribution is 2.29. The van der Waals surface area contributed by atoms with Crippen molar-refractivity contribution in [2.24, 2.45) is 0 Å². The maximum absolute atomic E-state index is 12.5. The minimum atomic E-state index is -3.24. The molecule has 0 spiro atoms. The summed E-state index contributed by atoms with van der Waals surface area (Å²) >= 11 is 0. The molecule has 6 heteroatoms. The third-order valence-corrected chi connectivity index (χ3v) is 5.08. The molecule has 0 atom stereocenters. The molecule has 1 aromatic carbocycles. The van der Waals surface area contributed by atoms with Crippen LogP contribution in [0.4, 0.5) is 5.69 Å². The molecular formula is C18H18N2O3S. The highest BCUT2D eigenvalue weighted by atomic mass is 32.2. The van der Waals surface area contributed by atoms with Gasteiger partial charge in [-0.3, -0.25) is 9.78 Å². The van der Waals surface area contributed by atoms with Crippen molar-refractivity contribution in [1.29, 1.82) is 0 Å². The number of hydrogen-bond acceptors (Lipinski definition) is 4. The summed E-state index contributed by atoms with van der Waals surface area (Å²) in [4.78, 5) is 18.5. The predicted octanol–water partition coefficient (Wildman–Crippen LogP) is 2.48. The van der Waals surface area contributed by atoms with Gasteiger partial charge in [0.15, 0.2) is 9.84 Å². The van der Waals surface area contributed by atoms with E-state index in [-0.39, 0.29) is 5.91 Å². The Kier molecular flexibility index (Phi) is 4.49. The standard InChI is InChI=1S/C18H18N2O3S/c1-24(22,23)16-7-8-17-15(12-16)5-3-11-20(17)18(21)9-6-14-4-2-10-19-13-14/h2,4,6-10,12-13H,3,5,11H2,1H3/b9-6+. The maximum Gasteiger partial charge on any atom is 0.250 e. The van der Waals surface area contributed by atoms with Gasteiger partial charge in [-0.05, 0) is 54.3 Å². The second kappa shape index (κ2) is 6.57. The summed E-state index contributed by atoms with van der Waals surface area (Å²) < 4.78 is 23.4. The number of aromatic nitrogens is 1. The van der Waals surface area contributed by atoms with Gasteiger partial charge in [-0.2, -0.15) is 0 Å². The Morgan fingerprint density at radius 1 is 1.29 bits per heavy atom. The number of carbonyl (C=O) groups excluding carboxylic acids is 1. The van der Waals surface area contributed by atoms with Crippen molar-refractivity contribution in [1.82, 2.24) is 4.98 Å². The van der Waals surface area contributed by atoms with Crippen LogP contribution >= 0.6 is 0 Å². The van der Waals surface area contributed by atoms with Crippen molar-refractivity contribution >= 4 is 27.5 Å². The summed E-state index contributed by atoms with van der Waals surface area (Å²) in [6, 6.07) is 8.65. The van der Waals surface area contributed by atoms with Gasteiger partial charge in [0, 0.05) is 37.0 Å². The number of hydrogen-bond donors (Lipinski definition) is 0. The van der Waals surface area contributed by atoms with Crippen LogP contribution in [0.15, 0.2) is 53.7 Å². The number of fused-ring (bicyclic) bond motifs is 1. The fourth-order valence-corrected chi connectivity index (χ4v) is 3.44. The molecule has 1 aliphatic heterocycles. The Morgan fingerprint density at radius 2 is 2.12 bits per heavy atom. The molecule has 0 saturated carbocycles. The van der Waals surface area contributed by atoms with Crippen molar-refractivity contribution in [3.8, 4) is 0 Å². The van der Waals surface area contributed by atoms with E-state index in [0.717, 1.165) is 29.7 Å². The Labute approximate surface area is 141 Å². The first-order valence-corrected chi connectivity index (χ1v) is 9.57. The smallest absolute Gasteiger partial charge is 0.250 e. The van der Waals surface area contributed by atoms with Gasteiger partial charge in [0.25, 0.3) is 5.91 Å². The molecule has 2 aromatic rings. The molecule has 1 aromatic heterocycles. The largest absolute Gasteiger partial charge is 0.309 e. The Hall–Kier alpha value is -2.47. The van der Waals surface area contributed by atoms with Gasteiger partial charge in [-0.15, -0.1) is 0 Å². The van der Waals surface area contributed by atoms with E-state index in [1.165, 1.54) is 12.3 Å². The fraction of sp³-hybridized carbons (Fsp3) is 0.222. The van der Waals surface area contributed by atoms with Crippen LogP contribution in [-0.4, -0.2) is 32.1 Å². The van der Waals surface area contributed by atoms with Gasteiger partial charge in [0.2, 0.25) is 0 Å². The van der Waals surface area contributed by atoms with Crippen LogP contribution in [0.3, 0.4) is 0 Å². The lowest BCUT2D eigenvalue weighted by molar-refractivity contribution is -0.114. The number of rotatable bonds is 3. The molecule has 3 rings (SSSR count). The minimum Gasteiger partial charge on any atom is -0.309 e. The lowest BCUT2D eigenvalue weighted by atomic mass is 10.0. The third-order valence-electron chi connectivity index (χ3n) is 3.97. The number of anilines is 1. The number of benzene rings is 1. The molecule has 1 aliphatic rings. The van der Waals surface area contributed by atoms with Crippen LogP contribution < -0.4 is 4.90 Å². The summed E-state index contributed by atoms with van der Waals surface area (Å²) in [5.74, 6) is -0.119. The van der Waals surface area contributed by atoms with Gasteiger partial charge >= 0.3 is 0 Å². The van der Waals surface area contributed by atoms with Crippen molar-refractivity contribution in [2.45, 2.75) is 17.7 Å². The lowest BCUT2D eigenvalue weighted by Crippen LogP contribution is -2.34. The molecule has 24 heavy (non-hydrogen) atoms. The molecule has 124 valence electrons. The molecule has 2 heterocycles. The van der Waals surface area contributed by atoms with Gasteiger partial charge in [0.1, 0.15) is 0 Å². The molecule has 0 N–H and O–H groups in total. The summed E-state index contributed by atoms with van der Waals surface area (Å²) in [5.41, 5.74) is 2.54. The van der Waals surface area contributed by atoms with E-state index in [1.807, 2.05) is 12.1 Å². The Morgan fingerprint density at radius 3 is 2.83 bits per heavy atom. The highest BCUT2D eigenvalue weighted by molar-refractivity contribution is 7.90. The summed E-state index contributed by atoms with van der Waals surface area (Å²) in [5, 5.41) is 0. The van der Waals surface area contributed by atoms with E-state index >= 15 is 0 Å². The average molecular weight is 342 g/mol. The molecule has 0 radical (unpaired) electrons. The van der Waals surface area contributed by atoms with Crippen LogP contribution in [0.5, 0.6) is 0 Å². The second-order valence-electron chi connectivity index (χ2n) is 5.78. The molecule has 1 amide bonds. The summed E-state index contributed by atoms with van der Waals surface area (Å²) in [6.07, 6.45) is 9.40. The fourth-order valence-electron chi connectivity index (χ4n) is 2.77. The van der Waals surface area contributed by atoms with Crippen LogP contribution in [0, 0.1) is 0 Å². The zero-order valence-electron chi connectivity index (χ0n) is 13.3. The van der Waals surface area contributed by atoms with Gasteiger partial charge < -0.3 is 4.90 Å². The number of sulfone groups is 1. The van der Waals surface area contributed by atoms with E-state index < -0.39 is 9.84 Å². The van der Waals surface area contributed by atoms with Gasteiger partial charge in [0.05, 0.1) is 4.90 Å². The highest BCUT2D eigenvalue weighted by Gasteiger charge is 2.22. The van der Waals surface area contributed by atoms with Crippen LogP contribution in [0.25, 0.3) is 6.08 Å². The number of nitrogens with zero attached hydrogens (tertiary/aromatic N) is 2. The van der Waals surface area contributed by atoms with Crippen molar-refractivity contribution in [3.63, 3.8) is 0 Å². The average Bonchev–Trinajstić information content (AvgIpc) is 2.58.